The Hall–Kier alpha value is -0.790. The summed E-state index contributed by atoms with van der Waals surface area (Å²) in [6.07, 6.45) is 6.57. The summed E-state index contributed by atoms with van der Waals surface area (Å²) in [7, 11) is 0. The zero-order chi connectivity index (χ0) is 18.7. The number of aliphatic hydroxyl groups is 4. The lowest BCUT2D eigenvalue weighted by atomic mass is 9.92. The third kappa shape index (κ3) is 7.96. The average Bonchev–Trinajstić information content (AvgIpc) is 2.60. The van der Waals surface area contributed by atoms with Gasteiger partial charge in [0.1, 0.15) is 24.4 Å². The summed E-state index contributed by atoms with van der Waals surface area (Å²) < 4.78 is 5.33. The average molecular weight is 358 g/mol. The summed E-state index contributed by atoms with van der Waals surface area (Å²) >= 11 is 0. The molecule has 4 N–H and O–H groups in total. The molecule has 1 rings (SSSR count). The minimum Gasteiger partial charge on any atom is -0.394 e. The number of hydrogen-bond acceptors (Lipinski definition) is 6. The van der Waals surface area contributed by atoms with Crippen LogP contribution in [0.3, 0.4) is 0 Å². The van der Waals surface area contributed by atoms with E-state index in [2.05, 4.69) is 6.92 Å². The lowest BCUT2D eigenvalue weighted by Gasteiger charge is -2.39. The van der Waals surface area contributed by atoms with E-state index in [1.165, 1.54) is 38.2 Å². The Morgan fingerprint density at radius 3 is 2.16 bits per heavy atom. The van der Waals surface area contributed by atoms with E-state index in [1.54, 1.807) is 0 Å². The number of hydrogen-bond donors (Lipinski definition) is 4. The van der Waals surface area contributed by atoms with Gasteiger partial charge in [0.2, 0.25) is 0 Å². The molecule has 0 radical (unpaired) electrons. The molecule has 0 saturated carbocycles. The summed E-state index contributed by atoms with van der Waals surface area (Å²) in [4.78, 5) is 12.0. The molecule has 0 aromatic rings. The lowest BCUT2D eigenvalue weighted by molar-refractivity contribution is -0.229. The molecule has 0 aromatic heterocycles. The molecular formula is C19H34O6. The van der Waals surface area contributed by atoms with E-state index in [0.29, 0.717) is 0 Å². The minimum absolute atomic E-state index is 0.0883. The Labute approximate surface area is 150 Å². The summed E-state index contributed by atoms with van der Waals surface area (Å²) in [6, 6.07) is 0. The number of carbonyl (C=O) groups is 1. The van der Waals surface area contributed by atoms with E-state index in [4.69, 9.17) is 9.84 Å². The van der Waals surface area contributed by atoms with Gasteiger partial charge in [0.25, 0.3) is 0 Å². The molecule has 6 heteroatoms. The monoisotopic (exact) mass is 358 g/mol. The number of aliphatic hydroxyl groups excluding tert-OH is 4. The third-order valence-electron chi connectivity index (χ3n) is 4.67. The van der Waals surface area contributed by atoms with Crippen molar-refractivity contribution in [2.75, 3.05) is 6.61 Å². The van der Waals surface area contributed by atoms with Crippen LogP contribution >= 0.6 is 0 Å². The van der Waals surface area contributed by atoms with Crippen molar-refractivity contribution in [1.82, 2.24) is 0 Å². The molecule has 1 saturated heterocycles. The summed E-state index contributed by atoms with van der Waals surface area (Å²) in [6.45, 7) is 1.72. The Kier molecular flexibility index (Phi) is 11.2. The molecule has 25 heavy (non-hydrogen) atoms. The Balaban J connectivity index is 2.24. The molecule has 0 aromatic carbocycles. The molecule has 1 fully saturated rings. The van der Waals surface area contributed by atoms with Crippen LogP contribution < -0.4 is 0 Å². The van der Waals surface area contributed by atoms with Gasteiger partial charge in [-0.15, -0.1) is 0 Å². The maximum Gasteiger partial charge on any atom is 0.158 e. The molecular weight excluding hydrogens is 324 g/mol. The number of carbonyl (C=O) groups excluding carboxylic acids is 1. The van der Waals surface area contributed by atoms with Gasteiger partial charge in [0.05, 0.1) is 12.7 Å². The highest BCUT2D eigenvalue weighted by molar-refractivity contribution is 5.90. The summed E-state index contributed by atoms with van der Waals surface area (Å²) in [5, 5.41) is 38.5. The smallest absolute Gasteiger partial charge is 0.158 e. The number of unbranched alkanes of at least 4 members (excludes halogenated alkanes) is 7. The predicted octanol–water partition coefficient (Wildman–Crippen LogP) is 1.48. The van der Waals surface area contributed by atoms with Gasteiger partial charge in [-0.3, -0.25) is 4.79 Å². The van der Waals surface area contributed by atoms with Crippen LogP contribution in [0.5, 0.6) is 0 Å². The normalized spacial score (nSPS) is 30.0. The van der Waals surface area contributed by atoms with Gasteiger partial charge in [-0.25, -0.2) is 0 Å². The zero-order valence-electron chi connectivity index (χ0n) is 15.2. The number of allylic oxidation sites excluding steroid dienone is 2. The Bertz CT molecular complexity index is 395. The van der Waals surface area contributed by atoms with Crippen molar-refractivity contribution >= 4 is 5.78 Å². The molecule has 146 valence electrons. The molecule has 1 heterocycles. The fourth-order valence-corrected chi connectivity index (χ4v) is 3.05. The molecule has 0 amide bonds. The van der Waals surface area contributed by atoms with Crippen molar-refractivity contribution in [1.29, 1.82) is 0 Å². The van der Waals surface area contributed by atoms with Gasteiger partial charge in [-0.2, -0.15) is 0 Å². The number of ketones is 1. The topological polar surface area (TPSA) is 107 Å². The maximum atomic E-state index is 12.0. The summed E-state index contributed by atoms with van der Waals surface area (Å²) in [5.41, 5.74) is 0. The van der Waals surface area contributed by atoms with E-state index >= 15 is 0 Å². The second-order valence-electron chi connectivity index (χ2n) is 6.85. The first-order valence-electron chi connectivity index (χ1n) is 9.51. The van der Waals surface area contributed by atoms with E-state index in [-0.39, 0.29) is 12.2 Å². The molecule has 5 atom stereocenters. The van der Waals surface area contributed by atoms with Crippen LogP contribution in [-0.4, -0.2) is 63.3 Å². The molecule has 1 aliphatic rings. The van der Waals surface area contributed by atoms with Crippen LogP contribution in [0.1, 0.15) is 64.7 Å². The second kappa shape index (κ2) is 12.5. The van der Waals surface area contributed by atoms with Crippen LogP contribution in [-0.2, 0) is 9.53 Å². The first kappa shape index (κ1) is 22.3. The molecule has 0 unspecified atom stereocenters. The van der Waals surface area contributed by atoms with Crippen LogP contribution in [0.4, 0.5) is 0 Å². The Morgan fingerprint density at radius 1 is 0.920 bits per heavy atom. The van der Waals surface area contributed by atoms with E-state index < -0.39 is 37.1 Å². The van der Waals surface area contributed by atoms with Crippen molar-refractivity contribution in [2.24, 2.45) is 0 Å². The van der Waals surface area contributed by atoms with Gasteiger partial charge in [-0.1, -0.05) is 51.5 Å². The minimum atomic E-state index is -1.43. The standard InChI is InChI=1S/C19H34O6/c1-2-3-4-5-6-7-8-9-10-11-14(21)12-15-17(22)19(24)18(23)16(13-20)25-15/h10-11,15-20,22-24H,2-9,12-13H2,1H3/b11-10+/t15-,16+,17+,18+,19+/m0/s1. The zero-order valence-corrected chi connectivity index (χ0v) is 15.2. The van der Waals surface area contributed by atoms with Crippen molar-refractivity contribution in [3.63, 3.8) is 0 Å². The predicted molar refractivity (Wildman–Crippen MR) is 95.1 cm³/mol. The largest absolute Gasteiger partial charge is 0.394 e. The van der Waals surface area contributed by atoms with E-state index in [1.807, 2.05) is 6.08 Å². The van der Waals surface area contributed by atoms with E-state index in [0.717, 1.165) is 19.3 Å². The first-order valence-corrected chi connectivity index (χ1v) is 9.51. The quantitative estimate of drug-likeness (QED) is 0.311. The van der Waals surface area contributed by atoms with Gasteiger partial charge in [0, 0.05) is 6.42 Å². The van der Waals surface area contributed by atoms with Gasteiger partial charge in [-0.05, 0) is 18.9 Å². The van der Waals surface area contributed by atoms with Gasteiger partial charge in [0.15, 0.2) is 5.78 Å². The van der Waals surface area contributed by atoms with Crippen LogP contribution in [0.25, 0.3) is 0 Å². The number of ether oxygens (including phenoxy) is 1. The van der Waals surface area contributed by atoms with Crippen LogP contribution in [0.2, 0.25) is 0 Å². The third-order valence-corrected chi connectivity index (χ3v) is 4.67. The van der Waals surface area contributed by atoms with E-state index in [9.17, 15) is 20.1 Å². The highest BCUT2D eigenvalue weighted by Gasteiger charge is 2.43. The van der Waals surface area contributed by atoms with Crippen molar-refractivity contribution in [2.45, 2.75) is 95.2 Å². The van der Waals surface area contributed by atoms with Gasteiger partial charge < -0.3 is 25.2 Å². The van der Waals surface area contributed by atoms with Crippen molar-refractivity contribution in [3.8, 4) is 0 Å². The number of rotatable bonds is 12. The summed E-state index contributed by atoms with van der Waals surface area (Å²) in [5.74, 6) is -0.202. The maximum absolute atomic E-state index is 12.0. The highest BCUT2D eigenvalue weighted by Crippen LogP contribution is 2.23. The Morgan fingerprint density at radius 2 is 1.52 bits per heavy atom. The molecule has 6 nitrogen and oxygen atoms in total. The molecule has 1 aliphatic heterocycles. The van der Waals surface area contributed by atoms with Gasteiger partial charge >= 0.3 is 0 Å². The second-order valence-corrected chi connectivity index (χ2v) is 6.85. The highest BCUT2D eigenvalue weighted by atomic mass is 16.5. The van der Waals surface area contributed by atoms with Crippen molar-refractivity contribution < 1.29 is 30.0 Å². The molecule has 0 aliphatic carbocycles. The molecule has 0 bridgehead atoms. The van der Waals surface area contributed by atoms with Crippen LogP contribution in [0.15, 0.2) is 12.2 Å². The fraction of sp³-hybridized carbons (Fsp3) is 0.842. The first-order chi connectivity index (χ1) is 12.0. The van der Waals surface area contributed by atoms with Crippen LogP contribution in [0, 0.1) is 0 Å². The fourth-order valence-electron chi connectivity index (χ4n) is 3.05. The molecule has 0 spiro atoms. The SMILES string of the molecule is CCCCCCCCC/C=C/C(=O)C[C@@H]1O[C@H](CO)[C@@H](O)[C@H](O)[C@@H]1O. The lowest BCUT2D eigenvalue weighted by Crippen LogP contribution is -2.58. The van der Waals surface area contributed by atoms with Crippen molar-refractivity contribution in [3.05, 3.63) is 12.2 Å².